The number of hydrogen-bond donors (Lipinski definition) is 0. The quantitative estimate of drug-likeness (QED) is 0.568. The van der Waals surface area contributed by atoms with Gasteiger partial charge in [-0.05, 0) is 30.7 Å². The molecule has 0 fully saturated rings. The molecule has 1 aliphatic rings. The number of fused-ring (bicyclic) bond motifs is 1. The summed E-state index contributed by atoms with van der Waals surface area (Å²) in [4.78, 5) is 11.8. The standard InChI is InChI=1S/C12H11ClO2/c1-2-15-7-9-5-8-6-10(13)3-4-11(8)12(9)14/h3-4,6-7H,2,5H2,1H3/b9-7-. The Balaban J connectivity index is 2.33. The van der Waals surface area contributed by atoms with Crippen molar-refractivity contribution in [2.75, 3.05) is 6.61 Å². The lowest BCUT2D eigenvalue weighted by Crippen LogP contribution is -1.96. The Morgan fingerprint density at radius 3 is 3.07 bits per heavy atom. The van der Waals surface area contributed by atoms with Gasteiger partial charge in [-0.2, -0.15) is 0 Å². The van der Waals surface area contributed by atoms with E-state index in [0.29, 0.717) is 23.6 Å². The molecule has 78 valence electrons. The van der Waals surface area contributed by atoms with Gasteiger partial charge >= 0.3 is 0 Å². The Morgan fingerprint density at radius 1 is 1.53 bits per heavy atom. The van der Waals surface area contributed by atoms with Crippen LogP contribution in [0.5, 0.6) is 0 Å². The van der Waals surface area contributed by atoms with Crippen molar-refractivity contribution in [3.05, 3.63) is 46.2 Å². The van der Waals surface area contributed by atoms with Gasteiger partial charge in [0.2, 0.25) is 0 Å². The van der Waals surface area contributed by atoms with Crippen LogP contribution in [0.4, 0.5) is 0 Å². The number of carbonyl (C=O) groups is 1. The lowest BCUT2D eigenvalue weighted by Gasteiger charge is -1.95. The average molecular weight is 223 g/mol. The van der Waals surface area contributed by atoms with Crippen molar-refractivity contribution < 1.29 is 9.53 Å². The van der Waals surface area contributed by atoms with E-state index in [1.54, 1.807) is 18.4 Å². The smallest absolute Gasteiger partial charge is 0.192 e. The number of Topliss-reactive ketones (excluding diaryl/α,β-unsaturated/α-hetero) is 1. The highest BCUT2D eigenvalue weighted by atomic mass is 35.5. The van der Waals surface area contributed by atoms with Gasteiger partial charge in [-0.3, -0.25) is 4.79 Å². The highest BCUT2D eigenvalue weighted by molar-refractivity contribution is 6.31. The molecule has 15 heavy (non-hydrogen) atoms. The van der Waals surface area contributed by atoms with E-state index in [2.05, 4.69) is 0 Å². The van der Waals surface area contributed by atoms with Crippen LogP contribution in [-0.4, -0.2) is 12.4 Å². The molecular weight excluding hydrogens is 212 g/mol. The number of halogens is 1. The zero-order chi connectivity index (χ0) is 10.8. The molecule has 0 radical (unpaired) electrons. The highest BCUT2D eigenvalue weighted by Crippen LogP contribution is 2.28. The summed E-state index contributed by atoms with van der Waals surface area (Å²) in [6.07, 6.45) is 2.17. The van der Waals surface area contributed by atoms with Gasteiger partial charge in [-0.25, -0.2) is 0 Å². The van der Waals surface area contributed by atoms with Crippen molar-refractivity contribution in [3.63, 3.8) is 0 Å². The first-order valence-electron chi connectivity index (χ1n) is 4.86. The Labute approximate surface area is 93.5 Å². The summed E-state index contributed by atoms with van der Waals surface area (Å²) >= 11 is 5.86. The second-order valence-electron chi connectivity index (χ2n) is 3.41. The summed E-state index contributed by atoms with van der Waals surface area (Å²) in [6.45, 7) is 2.47. The van der Waals surface area contributed by atoms with Crippen LogP contribution >= 0.6 is 11.6 Å². The second kappa shape index (κ2) is 4.07. The highest BCUT2D eigenvalue weighted by Gasteiger charge is 2.24. The van der Waals surface area contributed by atoms with E-state index in [1.165, 1.54) is 0 Å². The van der Waals surface area contributed by atoms with E-state index < -0.39 is 0 Å². The van der Waals surface area contributed by atoms with Crippen molar-refractivity contribution in [1.29, 1.82) is 0 Å². The summed E-state index contributed by atoms with van der Waals surface area (Å²) < 4.78 is 5.13. The molecule has 1 aromatic carbocycles. The van der Waals surface area contributed by atoms with Crippen LogP contribution in [-0.2, 0) is 11.2 Å². The zero-order valence-corrected chi connectivity index (χ0v) is 9.17. The summed E-state index contributed by atoms with van der Waals surface area (Å²) in [5.74, 6) is 0.0510. The third-order valence-electron chi connectivity index (χ3n) is 2.38. The summed E-state index contributed by atoms with van der Waals surface area (Å²) in [5.41, 5.74) is 2.43. The van der Waals surface area contributed by atoms with Gasteiger partial charge in [0, 0.05) is 22.6 Å². The molecule has 2 rings (SSSR count). The molecule has 0 heterocycles. The van der Waals surface area contributed by atoms with Crippen molar-refractivity contribution in [2.24, 2.45) is 0 Å². The van der Waals surface area contributed by atoms with Crippen LogP contribution < -0.4 is 0 Å². The summed E-state index contributed by atoms with van der Waals surface area (Å²) in [5, 5.41) is 0.666. The maximum atomic E-state index is 11.8. The van der Waals surface area contributed by atoms with Gasteiger partial charge in [0.1, 0.15) is 0 Å². The lowest BCUT2D eigenvalue weighted by molar-refractivity contribution is 0.103. The maximum Gasteiger partial charge on any atom is 0.192 e. The van der Waals surface area contributed by atoms with Crippen molar-refractivity contribution >= 4 is 17.4 Å². The van der Waals surface area contributed by atoms with Crippen LogP contribution in [0.2, 0.25) is 5.02 Å². The van der Waals surface area contributed by atoms with Crippen LogP contribution in [0.1, 0.15) is 22.8 Å². The third kappa shape index (κ3) is 1.90. The van der Waals surface area contributed by atoms with E-state index in [1.807, 2.05) is 13.0 Å². The van der Waals surface area contributed by atoms with E-state index in [4.69, 9.17) is 16.3 Å². The topological polar surface area (TPSA) is 26.3 Å². The first-order chi connectivity index (χ1) is 7.22. The molecule has 3 heteroatoms. The van der Waals surface area contributed by atoms with Crippen LogP contribution in [0.15, 0.2) is 30.0 Å². The lowest BCUT2D eigenvalue weighted by atomic mass is 10.1. The molecule has 0 spiro atoms. The number of carbonyl (C=O) groups excluding carboxylic acids is 1. The molecule has 0 unspecified atom stereocenters. The number of ether oxygens (including phenoxy) is 1. The van der Waals surface area contributed by atoms with Crippen LogP contribution in [0.25, 0.3) is 0 Å². The number of allylic oxidation sites excluding steroid dienone is 1. The van der Waals surface area contributed by atoms with Gasteiger partial charge in [0.15, 0.2) is 5.78 Å². The average Bonchev–Trinajstić information content (AvgIpc) is 2.52. The predicted octanol–water partition coefficient (Wildman–Crippen LogP) is 3.00. The second-order valence-corrected chi connectivity index (χ2v) is 3.84. The molecular formula is C12H11ClO2. The van der Waals surface area contributed by atoms with Crippen molar-refractivity contribution in [2.45, 2.75) is 13.3 Å². The van der Waals surface area contributed by atoms with Gasteiger partial charge in [-0.1, -0.05) is 11.6 Å². The van der Waals surface area contributed by atoms with Crippen molar-refractivity contribution in [1.82, 2.24) is 0 Å². The molecule has 0 saturated carbocycles. The van der Waals surface area contributed by atoms with Gasteiger partial charge in [-0.15, -0.1) is 0 Å². The fourth-order valence-corrected chi connectivity index (χ4v) is 1.86. The number of hydrogen-bond acceptors (Lipinski definition) is 2. The Bertz CT molecular complexity index is 435. The molecule has 1 aliphatic carbocycles. The Morgan fingerprint density at radius 2 is 2.33 bits per heavy atom. The zero-order valence-electron chi connectivity index (χ0n) is 8.42. The molecule has 1 aromatic rings. The monoisotopic (exact) mass is 222 g/mol. The van der Waals surface area contributed by atoms with Crippen molar-refractivity contribution in [3.8, 4) is 0 Å². The van der Waals surface area contributed by atoms with E-state index in [0.717, 1.165) is 11.1 Å². The molecule has 0 saturated heterocycles. The number of rotatable bonds is 2. The minimum absolute atomic E-state index is 0.0510. The van der Waals surface area contributed by atoms with Crippen LogP contribution in [0.3, 0.4) is 0 Å². The SMILES string of the molecule is CCO/C=C1/Cc2cc(Cl)ccc2C1=O. The normalized spacial score (nSPS) is 16.9. The molecule has 2 nitrogen and oxygen atoms in total. The predicted molar refractivity (Wildman–Crippen MR) is 59.2 cm³/mol. The molecule has 0 atom stereocenters. The third-order valence-corrected chi connectivity index (χ3v) is 2.61. The van der Waals surface area contributed by atoms with Crippen LogP contribution in [0, 0.1) is 0 Å². The minimum Gasteiger partial charge on any atom is -0.501 e. The van der Waals surface area contributed by atoms with Gasteiger partial charge in [0.05, 0.1) is 12.9 Å². The van der Waals surface area contributed by atoms with E-state index in [-0.39, 0.29) is 5.78 Å². The van der Waals surface area contributed by atoms with E-state index >= 15 is 0 Å². The number of benzene rings is 1. The molecule has 0 aliphatic heterocycles. The maximum absolute atomic E-state index is 11.8. The summed E-state index contributed by atoms with van der Waals surface area (Å²) in [6, 6.07) is 5.34. The number of ketones is 1. The fourth-order valence-electron chi connectivity index (χ4n) is 1.67. The minimum atomic E-state index is 0.0510. The molecule has 0 aromatic heterocycles. The summed E-state index contributed by atoms with van der Waals surface area (Å²) in [7, 11) is 0. The molecule has 0 amide bonds. The van der Waals surface area contributed by atoms with Gasteiger partial charge < -0.3 is 4.74 Å². The Kier molecular flexibility index (Phi) is 2.78. The van der Waals surface area contributed by atoms with E-state index in [9.17, 15) is 4.79 Å². The Hall–Kier alpha value is -1.28. The first kappa shape index (κ1) is 10.2. The molecule has 0 bridgehead atoms. The fraction of sp³-hybridized carbons (Fsp3) is 0.250. The largest absolute Gasteiger partial charge is 0.501 e. The first-order valence-corrected chi connectivity index (χ1v) is 5.24. The molecule has 0 N–H and O–H groups in total. The van der Waals surface area contributed by atoms with Gasteiger partial charge in [0.25, 0.3) is 0 Å².